The second kappa shape index (κ2) is 8.70. The molecular weight excluding hydrogens is 388 g/mol. The van der Waals surface area contributed by atoms with Crippen LogP contribution in [0.3, 0.4) is 0 Å². The van der Waals surface area contributed by atoms with Crippen LogP contribution in [-0.2, 0) is 24.7 Å². The summed E-state index contributed by atoms with van der Waals surface area (Å²) >= 11 is 0. The predicted octanol–water partition coefficient (Wildman–Crippen LogP) is 1.72. The summed E-state index contributed by atoms with van der Waals surface area (Å²) in [6, 6.07) is 6.24. The molecule has 1 aliphatic heterocycles. The number of sulfone groups is 1. The number of hydrogen-bond acceptors (Lipinski definition) is 5. The zero-order chi connectivity index (χ0) is 20.2. The van der Waals surface area contributed by atoms with Crippen molar-refractivity contribution >= 4 is 25.8 Å². The molecule has 9 heteroatoms. The van der Waals surface area contributed by atoms with Crippen LogP contribution < -0.4 is 5.32 Å². The quantitative estimate of drug-likeness (QED) is 0.729. The van der Waals surface area contributed by atoms with Crippen molar-refractivity contribution in [1.29, 1.82) is 0 Å². The van der Waals surface area contributed by atoms with Gasteiger partial charge in [-0.3, -0.25) is 4.79 Å². The van der Waals surface area contributed by atoms with Crippen molar-refractivity contribution in [1.82, 2.24) is 9.62 Å². The lowest BCUT2D eigenvalue weighted by atomic mass is 9.97. The second-order valence-corrected chi connectivity index (χ2v) is 11.2. The zero-order valence-corrected chi connectivity index (χ0v) is 17.6. The number of carbonyl (C=O) groups excluding carboxylic acids is 1. The van der Waals surface area contributed by atoms with Crippen molar-refractivity contribution in [3.63, 3.8) is 0 Å². The van der Waals surface area contributed by atoms with Crippen molar-refractivity contribution in [2.45, 2.75) is 44.0 Å². The third kappa shape index (κ3) is 5.52. The van der Waals surface area contributed by atoms with Gasteiger partial charge in [-0.15, -0.1) is 0 Å². The molecule has 1 saturated heterocycles. The highest BCUT2D eigenvalue weighted by molar-refractivity contribution is 7.90. The lowest BCUT2D eigenvalue weighted by molar-refractivity contribution is -0.126. The lowest BCUT2D eigenvalue weighted by Crippen LogP contribution is -2.46. The van der Waals surface area contributed by atoms with Crippen LogP contribution in [0.25, 0.3) is 0 Å². The molecule has 0 unspecified atom stereocenters. The highest BCUT2D eigenvalue weighted by Crippen LogP contribution is 2.23. The Bertz CT molecular complexity index is 864. The molecule has 1 fully saturated rings. The fraction of sp³-hybridized carbons (Fsp3) is 0.611. The molecule has 2 rings (SSSR count). The van der Waals surface area contributed by atoms with Crippen molar-refractivity contribution in [2.24, 2.45) is 5.92 Å². The first-order valence-corrected chi connectivity index (χ1v) is 12.7. The van der Waals surface area contributed by atoms with Crippen LogP contribution in [0.5, 0.6) is 0 Å². The Balaban J connectivity index is 2.08. The third-order valence-corrected chi connectivity index (χ3v) is 7.92. The molecule has 152 valence electrons. The van der Waals surface area contributed by atoms with Gasteiger partial charge < -0.3 is 5.32 Å². The maximum atomic E-state index is 12.7. The summed E-state index contributed by atoms with van der Waals surface area (Å²) in [5, 5.41) is 2.99. The summed E-state index contributed by atoms with van der Waals surface area (Å²) in [7, 11) is -6.56. The van der Waals surface area contributed by atoms with E-state index < -0.39 is 19.9 Å². The molecule has 1 aromatic carbocycles. The van der Waals surface area contributed by atoms with E-state index in [4.69, 9.17) is 0 Å². The molecule has 27 heavy (non-hydrogen) atoms. The van der Waals surface area contributed by atoms with Gasteiger partial charge in [0, 0.05) is 19.3 Å². The number of benzene rings is 1. The highest BCUT2D eigenvalue weighted by Gasteiger charge is 2.32. The van der Waals surface area contributed by atoms with Gasteiger partial charge in [0.2, 0.25) is 15.9 Å². The number of nitrogens with one attached hydrogen (secondary N) is 1. The van der Waals surface area contributed by atoms with E-state index in [0.717, 1.165) is 11.8 Å². The minimum atomic E-state index is -3.30. The molecular formula is C18H28N2O5S2. The van der Waals surface area contributed by atoms with E-state index >= 15 is 0 Å². The lowest BCUT2D eigenvalue weighted by Gasteiger charge is -2.32. The molecule has 0 bridgehead atoms. The molecule has 7 nitrogen and oxygen atoms in total. The van der Waals surface area contributed by atoms with Crippen LogP contribution >= 0.6 is 0 Å². The minimum Gasteiger partial charge on any atom is -0.349 e. The summed E-state index contributed by atoms with van der Waals surface area (Å²) in [6.45, 7) is 4.21. The predicted molar refractivity (Wildman–Crippen MR) is 104 cm³/mol. The normalized spacial score (nSPS) is 20.2. The topological polar surface area (TPSA) is 101 Å². The maximum absolute atomic E-state index is 12.7. The van der Waals surface area contributed by atoms with E-state index in [9.17, 15) is 21.6 Å². The molecule has 1 amide bonds. The molecule has 0 saturated carbocycles. The summed E-state index contributed by atoms with van der Waals surface area (Å²) in [5.74, 6) is -0.500. The molecule has 1 heterocycles. The van der Waals surface area contributed by atoms with Crippen LogP contribution in [0.1, 0.15) is 44.7 Å². The van der Waals surface area contributed by atoms with E-state index in [0.29, 0.717) is 25.8 Å². The van der Waals surface area contributed by atoms with E-state index in [2.05, 4.69) is 5.32 Å². The minimum absolute atomic E-state index is 0.0333. The monoisotopic (exact) mass is 416 g/mol. The summed E-state index contributed by atoms with van der Waals surface area (Å²) < 4.78 is 48.7. The molecule has 0 aromatic heterocycles. The Morgan fingerprint density at radius 3 is 2.33 bits per heavy atom. The molecule has 1 N–H and O–H groups in total. The largest absolute Gasteiger partial charge is 0.349 e. The zero-order valence-electron chi connectivity index (χ0n) is 16.0. The van der Waals surface area contributed by atoms with E-state index in [-0.39, 0.29) is 35.1 Å². The SMILES string of the molecule is CC[C@H](NC(=O)[C@@H]1CCCN(S(=O)(=O)CC)C1)c1ccc(S(C)(=O)=O)cc1. The van der Waals surface area contributed by atoms with Crippen LogP contribution in [0.15, 0.2) is 29.2 Å². The number of sulfonamides is 1. The van der Waals surface area contributed by atoms with Crippen LogP contribution in [0, 0.1) is 5.92 Å². The van der Waals surface area contributed by atoms with Gasteiger partial charge in [0.25, 0.3) is 0 Å². The van der Waals surface area contributed by atoms with Gasteiger partial charge in [-0.2, -0.15) is 0 Å². The number of piperidine rings is 1. The molecule has 1 aliphatic rings. The average molecular weight is 417 g/mol. The highest BCUT2D eigenvalue weighted by atomic mass is 32.2. The molecule has 0 radical (unpaired) electrons. The van der Waals surface area contributed by atoms with Crippen molar-refractivity contribution in [3.8, 4) is 0 Å². The third-order valence-electron chi connectivity index (χ3n) is 4.95. The first-order chi connectivity index (χ1) is 12.6. The van der Waals surface area contributed by atoms with Gasteiger partial charge in [-0.05, 0) is 43.9 Å². The van der Waals surface area contributed by atoms with Gasteiger partial charge in [0.15, 0.2) is 9.84 Å². The molecule has 1 aromatic rings. The number of amides is 1. The van der Waals surface area contributed by atoms with E-state index in [1.165, 1.54) is 16.4 Å². The molecule has 0 spiro atoms. The van der Waals surface area contributed by atoms with E-state index in [1.807, 2.05) is 6.92 Å². The average Bonchev–Trinajstić information content (AvgIpc) is 2.65. The van der Waals surface area contributed by atoms with Crippen molar-refractivity contribution in [2.75, 3.05) is 25.1 Å². The Labute approximate surface area is 162 Å². The molecule has 0 aliphatic carbocycles. The molecule has 2 atom stereocenters. The second-order valence-electron chi connectivity index (χ2n) is 6.91. The fourth-order valence-electron chi connectivity index (χ4n) is 3.25. The van der Waals surface area contributed by atoms with Crippen molar-refractivity contribution < 1.29 is 21.6 Å². The standard InChI is InChI=1S/C18H28N2O5S2/c1-4-17(14-8-10-16(11-9-14)26(3,22)23)19-18(21)15-7-6-12-20(13-15)27(24,25)5-2/h8-11,15,17H,4-7,12-13H2,1-3H3,(H,19,21)/t15-,17+/m1/s1. The van der Waals surface area contributed by atoms with Gasteiger partial charge in [-0.25, -0.2) is 21.1 Å². The smallest absolute Gasteiger partial charge is 0.224 e. The number of carbonyl (C=O) groups is 1. The summed E-state index contributed by atoms with van der Waals surface area (Å²) in [6.07, 6.45) is 3.12. The first-order valence-electron chi connectivity index (χ1n) is 9.16. The van der Waals surface area contributed by atoms with Crippen LogP contribution in [0.4, 0.5) is 0 Å². The van der Waals surface area contributed by atoms with Crippen LogP contribution in [0.2, 0.25) is 0 Å². The first kappa shape index (κ1) is 21.8. The number of rotatable bonds is 7. The van der Waals surface area contributed by atoms with Gasteiger partial charge >= 0.3 is 0 Å². The maximum Gasteiger partial charge on any atom is 0.224 e. The Morgan fingerprint density at radius 1 is 1.19 bits per heavy atom. The van der Waals surface area contributed by atoms with E-state index in [1.54, 1.807) is 19.1 Å². The number of hydrogen-bond donors (Lipinski definition) is 1. The Hall–Kier alpha value is -1.45. The summed E-state index contributed by atoms with van der Waals surface area (Å²) in [4.78, 5) is 12.9. The Kier molecular flexibility index (Phi) is 7.04. The Morgan fingerprint density at radius 2 is 1.81 bits per heavy atom. The van der Waals surface area contributed by atoms with Gasteiger partial charge in [-0.1, -0.05) is 19.1 Å². The number of nitrogens with zero attached hydrogens (tertiary/aromatic N) is 1. The van der Waals surface area contributed by atoms with Crippen molar-refractivity contribution in [3.05, 3.63) is 29.8 Å². The van der Waals surface area contributed by atoms with Crippen LogP contribution in [-0.4, -0.2) is 52.1 Å². The van der Waals surface area contributed by atoms with Gasteiger partial charge in [0.05, 0.1) is 22.6 Å². The summed E-state index contributed by atoms with van der Waals surface area (Å²) in [5.41, 5.74) is 0.826. The van der Waals surface area contributed by atoms with Gasteiger partial charge in [0.1, 0.15) is 0 Å². The fourth-order valence-corrected chi connectivity index (χ4v) is 5.06.